The summed E-state index contributed by atoms with van der Waals surface area (Å²) in [4.78, 5) is 14.1. The van der Waals surface area contributed by atoms with Crippen LogP contribution >= 0.6 is 0 Å². The fourth-order valence-electron chi connectivity index (χ4n) is 2.50. The van der Waals surface area contributed by atoms with Crippen molar-refractivity contribution in [3.63, 3.8) is 0 Å². The molecule has 0 saturated carbocycles. The van der Waals surface area contributed by atoms with Gasteiger partial charge < -0.3 is 15.5 Å². The molecule has 0 aliphatic carbocycles. The second-order valence-electron chi connectivity index (χ2n) is 5.92. The van der Waals surface area contributed by atoms with Gasteiger partial charge in [-0.3, -0.25) is 0 Å². The lowest BCUT2D eigenvalue weighted by Crippen LogP contribution is -2.36. The maximum absolute atomic E-state index is 13.1. The van der Waals surface area contributed by atoms with Crippen LogP contribution in [0.4, 0.5) is 14.9 Å². The van der Waals surface area contributed by atoms with Crippen molar-refractivity contribution in [3.8, 4) is 0 Å². The van der Waals surface area contributed by atoms with Crippen LogP contribution in [-0.4, -0.2) is 31.6 Å². The Morgan fingerprint density at radius 1 is 1.17 bits per heavy atom. The average Bonchev–Trinajstić information content (AvgIpc) is 2.55. The summed E-state index contributed by atoms with van der Waals surface area (Å²) >= 11 is 0. The number of carbonyl (C=O) groups is 1. The van der Waals surface area contributed by atoms with Gasteiger partial charge >= 0.3 is 6.03 Å². The molecule has 2 N–H and O–H groups in total. The van der Waals surface area contributed by atoms with Gasteiger partial charge in [-0.05, 0) is 49.8 Å². The Morgan fingerprint density at radius 2 is 1.88 bits per heavy atom. The minimum atomic E-state index is -0.380. The summed E-state index contributed by atoms with van der Waals surface area (Å²) in [7, 11) is 3.95. The highest BCUT2D eigenvalue weighted by molar-refractivity contribution is 5.89. The van der Waals surface area contributed by atoms with Crippen LogP contribution in [0.1, 0.15) is 24.1 Å². The monoisotopic (exact) mass is 329 g/mol. The van der Waals surface area contributed by atoms with E-state index in [1.165, 1.54) is 17.7 Å². The number of likely N-dealkylation sites (N-methyl/N-ethyl adjacent to an activating group) is 1. The summed E-state index contributed by atoms with van der Waals surface area (Å²) in [6.07, 6.45) is 1.00. The van der Waals surface area contributed by atoms with Gasteiger partial charge in [0.05, 0.1) is 6.04 Å². The third-order valence-electron chi connectivity index (χ3n) is 3.93. The molecular weight excluding hydrogens is 305 g/mol. The number of carbonyl (C=O) groups excluding carboxylic acids is 1. The number of nitrogens with one attached hydrogen (secondary N) is 2. The first kappa shape index (κ1) is 17.9. The third-order valence-corrected chi connectivity index (χ3v) is 3.93. The number of anilines is 1. The number of nitrogens with zero attached hydrogens (tertiary/aromatic N) is 1. The predicted molar refractivity (Wildman–Crippen MR) is 95.7 cm³/mol. The molecule has 0 aromatic heterocycles. The lowest BCUT2D eigenvalue weighted by Gasteiger charge is -2.25. The largest absolute Gasteiger partial charge is 0.336 e. The molecule has 0 spiro atoms. The normalized spacial score (nSPS) is 12.0. The van der Waals surface area contributed by atoms with Crippen LogP contribution in [-0.2, 0) is 6.42 Å². The Kier molecular flexibility index (Phi) is 6.32. The van der Waals surface area contributed by atoms with Crippen molar-refractivity contribution in [3.05, 3.63) is 65.5 Å². The van der Waals surface area contributed by atoms with E-state index in [0.29, 0.717) is 12.2 Å². The van der Waals surface area contributed by atoms with Crippen molar-refractivity contribution in [2.45, 2.75) is 19.4 Å². The number of benzene rings is 2. The first-order valence-electron chi connectivity index (χ1n) is 8.05. The highest BCUT2D eigenvalue weighted by Crippen LogP contribution is 2.18. The van der Waals surface area contributed by atoms with Crippen LogP contribution in [0.2, 0.25) is 0 Å². The van der Waals surface area contributed by atoms with Gasteiger partial charge in [0, 0.05) is 12.2 Å². The molecule has 0 bridgehead atoms. The van der Waals surface area contributed by atoms with E-state index in [4.69, 9.17) is 0 Å². The smallest absolute Gasteiger partial charge is 0.319 e. The van der Waals surface area contributed by atoms with Gasteiger partial charge in [0.25, 0.3) is 0 Å². The summed E-state index contributed by atoms with van der Waals surface area (Å²) in [5.74, 6) is -0.380. The van der Waals surface area contributed by atoms with Crippen molar-refractivity contribution in [1.82, 2.24) is 10.2 Å². The van der Waals surface area contributed by atoms with Crippen LogP contribution in [0.5, 0.6) is 0 Å². The Balaban J connectivity index is 1.96. The van der Waals surface area contributed by atoms with E-state index in [1.54, 1.807) is 12.1 Å². The Morgan fingerprint density at radius 3 is 2.46 bits per heavy atom. The molecule has 2 amide bonds. The Labute approximate surface area is 142 Å². The molecule has 2 aromatic carbocycles. The van der Waals surface area contributed by atoms with E-state index >= 15 is 0 Å². The number of aryl methyl sites for hydroxylation is 1. The zero-order valence-electron chi connectivity index (χ0n) is 14.3. The van der Waals surface area contributed by atoms with Crippen LogP contribution < -0.4 is 10.6 Å². The van der Waals surface area contributed by atoms with Crippen LogP contribution in [0.15, 0.2) is 48.5 Å². The van der Waals surface area contributed by atoms with Crippen molar-refractivity contribution in [1.29, 1.82) is 0 Å². The van der Waals surface area contributed by atoms with E-state index in [-0.39, 0.29) is 17.9 Å². The summed E-state index contributed by atoms with van der Waals surface area (Å²) < 4.78 is 13.1. The van der Waals surface area contributed by atoms with Crippen LogP contribution in [0.25, 0.3) is 0 Å². The summed E-state index contributed by atoms with van der Waals surface area (Å²) in [5, 5.41) is 5.48. The number of rotatable bonds is 6. The van der Waals surface area contributed by atoms with Gasteiger partial charge in [-0.15, -0.1) is 0 Å². The molecule has 0 unspecified atom stereocenters. The summed E-state index contributed by atoms with van der Waals surface area (Å²) in [6.45, 7) is 2.58. The van der Waals surface area contributed by atoms with E-state index in [2.05, 4.69) is 46.7 Å². The molecule has 128 valence electrons. The predicted octanol–water partition coefficient (Wildman–Crippen LogP) is 3.81. The molecule has 0 aliphatic rings. The summed E-state index contributed by atoms with van der Waals surface area (Å²) in [5.41, 5.74) is 2.86. The van der Waals surface area contributed by atoms with Crippen LogP contribution in [0, 0.1) is 5.82 Å². The fraction of sp³-hybridized carbons (Fsp3) is 0.316. The number of hydrogen-bond donors (Lipinski definition) is 2. The lowest BCUT2D eigenvalue weighted by molar-refractivity contribution is 0.243. The second kappa shape index (κ2) is 8.45. The molecule has 4 nitrogen and oxygen atoms in total. The first-order valence-corrected chi connectivity index (χ1v) is 8.05. The third kappa shape index (κ3) is 5.06. The maximum atomic E-state index is 13.1. The minimum Gasteiger partial charge on any atom is -0.336 e. The van der Waals surface area contributed by atoms with Crippen molar-refractivity contribution in [2.75, 3.05) is 26.0 Å². The quantitative estimate of drug-likeness (QED) is 0.846. The van der Waals surface area contributed by atoms with Gasteiger partial charge in [-0.1, -0.05) is 37.3 Å². The highest BCUT2D eigenvalue weighted by atomic mass is 19.1. The fourth-order valence-corrected chi connectivity index (χ4v) is 2.50. The van der Waals surface area contributed by atoms with Crippen LogP contribution in [0.3, 0.4) is 0 Å². The minimum absolute atomic E-state index is 0.0640. The molecule has 2 aromatic rings. The molecule has 5 heteroatoms. The van der Waals surface area contributed by atoms with Crippen molar-refractivity contribution >= 4 is 11.7 Å². The molecule has 0 aliphatic heterocycles. The van der Waals surface area contributed by atoms with E-state index in [1.807, 2.05) is 14.1 Å². The Bertz CT molecular complexity index is 671. The second-order valence-corrected chi connectivity index (χ2v) is 5.92. The molecule has 1 atom stereocenters. The molecular formula is C19H24FN3O. The van der Waals surface area contributed by atoms with Crippen molar-refractivity contribution in [2.24, 2.45) is 0 Å². The SMILES string of the molecule is CCc1ccc([C@H](CNC(=O)Nc2cccc(F)c2)N(C)C)cc1. The molecule has 0 fully saturated rings. The molecule has 0 saturated heterocycles. The molecule has 0 radical (unpaired) electrons. The first-order chi connectivity index (χ1) is 11.5. The number of urea groups is 1. The van der Waals surface area contributed by atoms with Gasteiger partial charge in [0.15, 0.2) is 0 Å². The topological polar surface area (TPSA) is 44.4 Å². The Hall–Kier alpha value is -2.40. The maximum Gasteiger partial charge on any atom is 0.319 e. The lowest BCUT2D eigenvalue weighted by atomic mass is 10.0. The number of halogens is 1. The van der Waals surface area contributed by atoms with Crippen molar-refractivity contribution < 1.29 is 9.18 Å². The van der Waals surface area contributed by atoms with Gasteiger partial charge in [0.1, 0.15) is 5.82 Å². The number of hydrogen-bond acceptors (Lipinski definition) is 2. The zero-order valence-corrected chi connectivity index (χ0v) is 14.3. The van der Waals surface area contributed by atoms with E-state index in [9.17, 15) is 9.18 Å². The average molecular weight is 329 g/mol. The standard InChI is InChI=1S/C19H24FN3O/c1-4-14-8-10-15(11-9-14)18(23(2)3)13-21-19(24)22-17-7-5-6-16(20)12-17/h5-12,18H,4,13H2,1-3H3,(H2,21,22,24)/t18-/m0/s1. The van der Waals surface area contributed by atoms with Gasteiger partial charge in [0.2, 0.25) is 0 Å². The van der Waals surface area contributed by atoms with E-state index < -0.39 is 0 Å². The zero-order chi connectivity index (χ0) is 17.5. The van der Waals surface area contributed by atoms with Gasteiger partial charge in [-0.25, -0.2) is 9.18 Å². The molecule has 2 rings (SSSR count). The van der Waals surface area contributed by atoms with E-state index in [0.717, 1.165) is 12.0 Å². The summed E-state index contributed by atoms with van der Waals surface area (Å²) in [6, 6.07) is 13.9. The highest BCUT2D eigenvalue weighted by Gasteiger charge is 2.15. The van der Waals surface area contributed by atoms with Gasteiger partial charge in [-0.2, -0.15) is 0 Å². The number of amides is 2. The molecule has 24 heavy (non-hydrogen) atoms. The molecule has 0 heterocycles.